The summed E-state index contributed by atoms with van der Waals surface area (Å²) in [5.41, 5.74) is 2.46. The van der Waals surface area contributed by atoms with E-state index < -0.39 is 17.5 Å². The molecule has 6 nitrogen and oxygen atoms in total. The predicted octanol–water partition coefficient (Wildman–Crippen LogP) is 4.80. The minimum atomic E-state index is -0.589. The van der Waals surface area contributed by atoms with Crippen LogP contribution in [0.1, 0.15) is 43.4 Å². The summed E-state index contributed by atoms with van der Waals surface area (Å²) in [6.45, 7) is 7.50. The van der Waals surface area contributed by atoms with E-state index in [2.05, 4.69) is 15.5 Å². The molecule has 0 bridgehead atoms. The van der Waals surface area contributed by atoms with Gasteiger partial charge in [0.05, 0.1) is 12.0 Å². The first-order valence-corrected chi connectivity index (χ1v) is 9.33. The number of aromatic nitrogens is 2. The second-order valence-corrected chi connectivity index (χ2v) is 7.84. The number of nitrogens with one attached hydrogen (secondary N) is 1. The molecule has 152 valence electrons. The maximum absolute atomic E-state index is 14.5. The lowest BCUT2D eigenvalue weighted by Crippen LogP contribution is -2.32. The van der Waals surface area contributed by atoms with Crippen molar-refractivity contribution in [2.75, 3.05) is 0 Å². The largest absolute Gasteiger partial charge is 0.444 e. The van der Waals surface area contributed by atoms with Crippen molar-refractivity contribution in [2.45, 2.75) is 46.3 Å². The van der Waals surface area contributed by atoms with Crippen LogP contribution in [0.3, 0.4) is 0 Å². The summed E-state index contributed by atoms with van der Waals surface area (Å²) in [6, 6.07) is 12.6. The number of ether oxygens (including phenoxy) is 1. The predicted molar refractivity (Wildman–Crippen MR) is 107 cm³/mol. The molecule has 0 radical (unpaired) electrons. The smallest absolute Gasteiger partial charge is 0.407 e. The Morgan fingerprint density at radius 2 is 1.83 bits per heavy atom. The zero-order chi connectivity index (χ0) is 21.0. The van der Waals surface area contributed by atoms with E-state index >= 15 is 0 Å². The fraction of sp³-hybridized carbons (Fsp3) is 0.318. The van der Waals surface area contributed by atoms with Crippen LogP contribution in [-0.4, -0.2) is 21.8 Å². The Labute approximate surface area is 169 Å². The highest BCUT2D eigenvalue weighted by molar-refractivity contribution is 5.67. The zero-order valence-electron chi connectivity index (χ0n) is 17.0. The van der Waals surface area contributed by atoms with Crippen molar-refractivity contribution >= 4 is 6.09 Å². The van der Waals surface area contributed by atoms with Gasteiger partial charge in [-0.25, -0.2) is 9.18 Å². The van der Waals surface area contributed by atoms with Crippen LogP contribution in [0.15, 0.2) is 47.0 Å². The summed E-state index contributed by atoms with van der Waals surface area (Å²) in [6.07, 6.45) is -0.0758. The first-order chi connectivity index (χ1) is 13.7. The number of benzene rings is 2. The third-order valence-electron chi connectivity index (χ3n) is 4.05. The van der Waals surface area contributed by atoms with Crippen LogP contribution in [0.5, 0.6) is 0 Å². The van der Waals surface area contributed by atoms with Crippen molar-refractivity contribution in [3.05, 3.63) is 70.9 Å². The standard InChI is InChI=1S/C22H24FN3O3/c1-14-5-7-15(8-6-14)12-19-25-20(26-29-19)17-10-9-16(11-18(17)23)13-24-21(27)28-22(2,3)4/h5-11H,12-13H2,1-4H3,(H,24,27). The van der Waals surface area contributed by atoms with Crippen LogP contribution in [0.4, 0.5) is 9.18 Å². The Morgan fingerprint density at radius 1 is 1.14 bits per heavy atom. The molecule has 0 unspecified atom stereocenters. The molecule has 0 aliphatic carbocycles. The van der Waals surface area contributed by atoms with E-state index in [1.54, 1.807) is 32.9 Å². The van der Waals surface area contributed by atoms with Crippen molar-refractivity contribution in [3.8, 4) is 11.4 Å². The van der Waals surface area contributed by atoms with Gasteiger partial charge in [0.25, 0.3) is 0 Å². The molecule has 29 heavy (non-hydrogen) atoms. The quantitative estimate of drug-likeness (QED) is 0.669. The van der Waals surface area contributed by atoms with Crippen LogP contribution >= 0.6 is 0 Å². The van der Waals surface area contributed by atoms with Crippen molar-refractivity contribution in [3.63, 3.8) is 0 Å². The van der Waals surface area contributed by atoms with Crippen molar-refractivity contribution < 1.29 is 18.4 Å². The van der Waals surface area contributed by atoms with Gasteiger partial charge in [-0.3, -0.25) is 0 Å². The molecule has 0 spiro atoms. The summed E-state index contributed by atoms with van der Waals surface area (Å²) in [5, 5.41) is 6.49. The van der Waals surface area contributed by atoms with E-state index in [1.165, 1.54) is 11.6 Å². The fourth-order valence-electron chi connectivity index (χ4n) is 2.65. The number of hydrogen-bond acceptors (Lipinski definition) is 5. The fourth-order valence-corrected chi connectivity index (χ4v) is 2.65. The lowest BCUT2D eigenvalue weighted by Gasteiger charge is -2.19. The van der Waals surface area contributed by atoms with Crippen LogP contribution in [0.25, 0.3) is 11.4 Å². The molecule has 3 aromatic rings. The molecule has 0 saturated heterocycles. The minimum Gasteiger partial charge on any atom is -0.444 e. The second kappa shape index (κ2) is 8.43. The third kappa shape index (κ3) is 5.88. The Balaban J connectivity index is 1.65. The molecule has 0 aliphatic heterocycles. The summed E-state index contributed by atoms with van der Waals surface area (Å²) >= 11 is 0. The highest BCUT2D eigenvalue weighted by atomic mass is 19.1. The van der Waals surface area contributed by atoms with Gasteiger partial charge in [-0.15, -0.1) is 0 Å². The first-order valence-electron chi connectivity index (χ1n) is 9.33. The lowest BCUT2D eigenvalue weighted by atomic mass is 10.1. The topological polar surface area (TPSA) is 77.2 Å². The van der Waals surface area contributed by atoms with Crippen LogP contribution in [-0.2, 0) is 17.7 Å². The Hall–Kier alpha value is -3.22. The van der Waals surface area contributed by atoms with Crippen LogP contribution in [0.2, 0.25) is 0 Å². The van der Waals surface area contributed by atoms with E-state index in [-0.39, 0.29) is 17.9 Å². The van der Waals surface area contributed by atoms with E-state index in [0.717, 1.165) is 5.56 Å². The van der Waals surface area contributed by atoms with E-state index in [4.69, 9.17) is 9.26 Å². The SMILES string of the molecule is Cc1ccc(Cc2nc(-c3ccc(CNC(=O)OC(C)(C)C)cc3F)no2)cc1. The van der Waals surface area contributed by atoms with Crippen molar-refractivity contribution in [2.24, 2.45) is 0 Å². The Kier molecular flexibility index (Phi) is 5.96. The van der Waals surface area contributed by atoms with E-state index in [0.29, 0.717) is 17.9 Å². The number of halogens is 1. The molecular formula is C22H24FN3O3. The number of aryl methyl sites for hydroxylation is 1. The second-order valence-electron chi connectivity index (χ2n) is 7.84. The van der Waals surface area contributed by atoms with E-state index in [9.17, 15) is 9.18 Å². The molecule has 0 atom stereocenters. The van der Waals surface area contributed by atoms with Crippen LogP contribution in [0, 0.1) is 12.7 Å². The maximum Gasteiger partial charge on any atom is 0.407 e. The van der Waals surface area contributed by atoms with Gasteiger partial charge in [0.2, 0.25) is 11.7 Å². The number of carbonyl (C=O) groups excluding carboxylic acids is 1. The molecular weight excluding hydrogens is 373 g/mol. The zero-order valence-corrected chi connectivity index (χ0v) is 17.0. The summed E-state index contributed by atoms with van der Waals surface area (Å²) in [7, 11) is 0. The van der Waals surface area contributed by atoms with Gasteiger partial charge in [-0.1, -0.05) is 41.1 Å². The number of hydrogen-bond donors (Lipinski definition) is 1. The normalized spacial score (nSPS) is 11.3. The number of amides is 1. The summed E-state index contributed by atoms with van der Waals surface area (Å²) in [5.74, 6) is 0.117. The van der Waals surface area contributed by atoms with Crippen molar-refractivity contribution in [1.29, 1.82) is 0 Å². The first kappa shape index (κ1) is 20.5. The van der Waals surface area contributed by atoms with Gasteiger partial charge in [0.15, 0.2) is 0 Å². The van der Waals surface area contributed by atoms with Crippen molar-refractivity contribution in [1.82, 2.24) is 15.5 Å². The molecule has 1 amide bonds. The molecule has 1 N–H and O–H groups in total. The maximum atomic E-state index is 14.5. The van der Waals surface area contributed by atoms with Gasteiger partial charge >= 0.3 is 6.09 Å². The monoisotopic (exact) mass is 397 g/mol. The van der Waals surface area contributed by atoms with Gasteiger partial charge < -0.3 is 14.6 Å². The van der Waals surface area contributed by atoms with E-state index in [1.807, 2.05) is 31.2 Å². The third-order valence-corrected chi connectivity index (χ3v) is 4.05. The molecule has 0 saturated carbocycles. The number of carbonyl (C=O) groups is 1. The highest BCUT2D eigenvalue weighted by Crippen LogP contribution is 2.22. The molecule has 0 aliphatic rings. The number of nitrogens with zero attached hydrogens (tertiary/aromatic N) is 2. The number of rotatable bonds is 5. The van der Waals surface area contributed by atoms with Crippen LogP contribution < -0.4 is 5.32 Å². The molecule has 1 heterocycles. The highest BCUT2D eigenvalue weighted by Gasteiger charge is 2.17. The molecule has 1 aromatic heterocycles. The van der Waals surface area contributed by atoms with Gasteiger partial charge in [-0.2, -0.15) is 4.98 Å². The number of alkyl carbamates (subject to hydrolysis) is 1. The molecule has 7 heteroatoms. The average molecular weight is 397 g/mol. The molecule has 2 aromatic carbocycles. The lowest BCUT2D eigenvalue weighted by molar-refractivity contribution is 0.0523. The molecule has 0 fully saturated rings. The summed E-state index contributed by atoms with van der Waals surface area (Å²) in [4.78, 5) is 16.0. The Morgan fingerprint density at radius 3 is 2.48 bits per heavy atom. The average Bonchev–Trinajstić information content (AvgIpc) is 3.09. The van der Waals surface area contributed by atoms with Gasteiger partial charge in [0.1, 0.15) is 11.4 Å². The van der Waals surface area contributed by atoms with Gasteiger partial charge in [0, 0.05) is 6.54 Å². The minimum absolute atomic E-state index is 0.150. The van der Waals surface area contributed by atoms with Gasteiger partial charge in [-0.05, 0) is 51.0 Å². The molecule has 3 rings (SSSR count). The summed E-state index contributed by atoms with van der Waals surface area (Å²) < 4.78 is 25.0. The Bertz CT molecular complexity index is 991.